The molecule has 3 rings (SSSR count). The van der Waals surface area contributed by atoms with Crippen molar-refractivity contribution in [2.45, 2.75) is 57.2 Å². The molecule has 0 radical (unpaired) electrons. The SMILES string of the molecule is Cc1csc(C2(NCC(=O)N3CCC[C@@H](C(F)(F)F)C3)CCCC2)n1. The number of nitrogens with one attached hydrogen (secondary N) is 1. The zero-order valence-electron chi connectivity index (χ0n) is 14.4. The number of carbonyl (C=O) groups is 1. The van der Waals surface area contributed by atoms with E-state index in [-0.39, 0.29) is 31.0 Å². The van der Waals surface area contributed by atoms with Crippen molar-refractivity contribution >= 4 is 17.2 Å². The van der Waals surface area contributed by atoms with Gasteiger partial charge in [0.2, 0.25) is 5.91 Å². The Morgan fingerprint density at radius 1 is 1.40 bits per heavy atom. The second-order valence-electron chi connectivity index (χ2n) is 7.16. The third kappa shape index (κ3) is 4.16. The van der Waals surface area contributed by atoms with Crippen molar-refractivity contribution in [1.29, 1.82) is 0 Å². The van der Waals surface area contributed by atoms with E-state index >= 15 is 0 Å². The van der Waals surface area contributed by atoms with E-state index in [1.54, 1.807) is 11.3 Å². The van der Waals surface area contributed by atoms with Gasteiger partial charge in [-0.25, -0.2) is 4.98 Å². The van der Waals surface area contributed by atoms with Crippen LogP contribution in [0.25, 0.3) is 0 Å². The number of hydrogen-bond donors (Lipinski definition) is 1. The van der Waals surface area contributed by atoms with E-state index in [1.807, 2.05) is 12.3 Å². The van der Waals surface area contributed by atoms with E-state index < -0.39 is 12.1 Å². The van der Waals surface area contributed by atoms with Crippen LogP contribution in [-0.4, -0.2) is 41.6 Å². The maximum Gasteiger partial charge on any atom is 0.393 e. The number of aryl methyl sites for hydroxylation is 1. The average molecular weight is 375 g/mol. The first kappa shape index (κ1) is 18.6. The van der Waals surface area contributed by atoms with Crippen molar-refractivity contribution in [1.82, 2.24) is 15.2 Å². The summed E-state index contributed by atoms with van der Waals surface area (Å²) in [5.74, 6) is -1.64. The van der Waals surface area contributed by atoms with Gasteiger partial charge in [0.1, 0.15) is 5.01 Å². The highest BCUT2D eigenvalue weighted by Gasteiger charge is 2.43. The number of amides is 1. The fourth-order valence-electron chi connectivity index (χ4n) is 3.85. The molecule has 1 saturated heterocycles. The molecule has 1 aromatic heterocycles. The predicted octanol–water partition coefficient (Wildman–Crippen LogP) is 3.61. The van der Waals surface area contributed by atoms with Gasteiger partial charge in [-0.3, -0.25) is 10.1 Å². The molecule has 0 unspecified atom stereocenters. The van der Waals surface area contributed by atoms with E-state index in [9.17, 15) is 18.0 Å². The summed E-state index contributed by atoms with van der Waals surface area (Å²) in [6.45, 7) is 2.21. The molecular formula is C17H24F3N3OS. The van der Waals surface area contributed by atoms with Crippen molar-refractivity contribution in [3.8, 4) is 0 Å². The van der Waals surface area contributed by atoms with Gasteiger partial charge < -0.3 is 4.90 Å². The number of likely N-dealkylation sites (tertiary alicyclic amines) is 1. The third-order valence-electron chi connectivity index (χ3n) is 5.30. The molecule has 0 bridgehead atoms. The quantitative estimate of drug-likeness (QED) is 0.874. The van der Waals surface area contributed by atoms with Crippen molar-refractivity contribution in [3.63, 3.8) is 0 Å². The van der Waals surface area contributed by atoms with E-state index in [0.29, 0.717) is 13.0 Å². The molecule has 0 aromatic carbocycles. The van der Waals surface area contributed by atoms with Crippen LogP contribution >= 0.6 is 11.3 Å². The maximum absolute atomic E-state index is 12.9. The van der Waals surface area contributed by atoms with E-state index in [1.165, 1.54) is 4.90 Å². The van der Waals surface area contributed by atoms with E-state index in [2.05, 4.69) is 10.3 Å². The first-order valence-electron chi connectivity index (χ1n) is 8.82. The van der Waals surface area contributed by atoms with Gasteiger partial charge in [0.15, 0.2) is 0 Å². The van der Waals surface area contributed by atoms with Crippen LogP contribution in [0, 0.1) is 12.8 Å². The number of piperidine rings is 1. The van der Waals surface area contributed by atoms with E-state index in [4.69, 9.17) is 0 Å². The highest BCUT2D eigenvalue weighted by molar-refractivity contribution is 7.09. The van der Waals surface area contributed by atoms with Crippen molar-refractivity contribution in [3.05, 3.63) is 16.1 Å². The Bertz CT molecular complexity index is 611. The highest BCUT2D eigenvalue weighted by atomic mass is 32.1. The molecule has 1 saturated carbocycles. The van der Waals surface area contributed by atoms with Gasteiger partial charge in [0.05, 0.1) is 18.0 Å². The van der Waals surface area contributed by atoms with Gasteiger partial charge >= 0.3 is 6.18 Å². The number of carbonyl (C=O) groups excluding carboxylic acids is 1. The summed E-state index contributed by atoms with van der Waals surface area (Å²) in [4.78, 5) is 18.4. The lowest BCUT2D eigenvalue weighted by Crippen LogP contribution is -2.50. The smallest absolute Gasteiger partial charge is 0.341 e. The molecule has 1 aromatic rings. The largest absolute Gasteiger partial charge is 0.393 e. The van der Waals surface area contributed by atoms with Crippen LogP contribution in [0.5, 0.6) is 0 Å². The molecule has 1 aliphatic heterocycles. The normalized spacial score (nSPS) is 23.8. The minimum absolute atomic E-state index is 0.0726. The lowest BCUT2D eigenvalue weighted by molar-refractivity contribution is -0.187. The Labute approximate surface area is 149 Å². The molecule has 2 aliphatic rings. The monoisotopic (exact) mass is 375 g/mol. The molecule has 2 fully saturated rings. The molecule has 1 aliphatic carbocycles. The molecule has 4 nitrogen and oxygen atoms in total. The van der Waals surface area contributed by atoms with Gasteiger partial charge in [-0.15, -0.1) is 11.3 Å². The Balaban J connectivity index is 1.62. The minimum Gasteiger partial charge on any atom is -0.341 e. The molecule has 25 heavy (non-hydrogen) atoms. The molecule has 140 valence electrons. The molecule has 0 spiro atoms. The Morgan fingerprint density at radius 2 is 2.12 bits per heavy atom. The van der Waals surface area contributed by atoms with Crippen molar-refractivity contribution < 1.29 is 18.0 Å². The number of alkyl halides is 3. The standard InChI is InChI=1S/C17H24F3N3OS/c1-12-11-25-15(22-12)16(6-2-3-7-16)21-9-14(24)23-8-4-5-13(10-23)17(18,19)20/h11,13,21H,2-10H2,1H3/t13-/m1/s1. The number of halogens is 3. The molecule has 1 N–H and O–H groups in total. The fraction of sp³-hybridized carbons (Fsp3) is 0.765. The summed E-state index contributed by atoms with van der Waals surface area (Å²) in [7, 11) is 0. The minimum atomic E-state index is -4.22. The molecule has 1 amide bonds. The maximum atomic E-state index is 12.9. The van der Waals surface area contributed by atoms with Gasteiger partial charge in [-0.1, -0.05) is 12.8 Å². The summed E-state index contributed by atoms with van der Waals surface area (Å²) in [6, 6.07) is 0. The zero-order chi connectivity index (χ0) is 18.1. The van der Waals surface area contributed by atoms with Crippen LogP contribution in [0.1, 0.15) is 49.2 Å². The van der Waals surface area contributed by atoms with Crippen LogP contribution in [-0.2, 0) is 10.3 Å². The number of hydrogen-bond acceptors (Lipinski definition) is 4. The average Bonchev–Trinajstić information content (AvgIpc) is 3.22. The van der Waals surface area contributed by atoms with Gasteiger partial charge in [0, 0.05) is 24.2 Å². The second-order valence-corrected chi connectivity index (χ2v) is 8.02. The van der Waals surface area contributed by atoms with Crippen LogP contribution in [0.15, 0.2) is 5.38 Å². The molecular weight excluding hydrogens is 351 g/mol. The number of thiazole rings is 1. The summed E-state index contributed by atoms with van der Waals surface area (Å²) < 4.78 is 38.8. The number of rotatable bonds is 4. The van der Waals surface area contributed by atoms with Gasteiger partial charge in [-0.05, 0) is 32.6 Å². The summed E-state index contributed by atoms with van der Waals surface area (Å²) >= 11 is 1.59. The fourth-order valence-corrected chi connectivity index (χ4v) is 4.88. The van der Waals surface area contributed by atoms with E-state index in [0.717, 1.165) is 36.4 Å². The van der Waals surface area contributed by atoms with Crippen molar-refractivity contribution in [2.75, 3.05) is 19.6 Å². The second kappa shape index (κ2) is 7.23. The Hall–Kier alpha value is -1.15. The zero-order valence-corrected chi connectivity index (χ0v) is 15.2. The van der Waals surface area contributed by atoms with Crippen LogP contribution < -0.4 is 5.32 Å². The lowest BCUT2D eigenvalue weighted by Gasteiger charge is -2.35. The first-order valence-corrected chi connectivity index (χ1v) is 9.70. The van der Waals surface area contributed by atoms with Crippen LogP contribution in [0.3, 0.4) is 0 Å². The van der Waals surface area contributed by atoms with Crippen molar-refractivity contribution in [2.24, 2.45) is 5.92 Å². The Kier molecular flexibility index (Phi) is 5.39. The molecule has 1 atom stereocenters. The topological polar surface area (TPSA) is 45.2 Å². The Morgan fingerprint density at radius 3 is 2.72 bits per heavy atom. The molecule has 2 heterocycles. The predicted molar refractivity (Wildman–Crippen MR) is 90.4 cm³/mol. The van der Waals surface area contributed by atoms with Crippen LogP contribution in [0.4, 0.5) is 13.2 Å². The highest BCUT2D eigenvalue weighted by Crippen LogP contribution is 2.40. The summed E-state index contributed by atoms with van der Waals surface area (Å²) in [6.07, 6.45) is 0.267. The first-order chi connectivity index (χ1) is 11.8. The van der Waals surface area contributed by atoms with Gasteiger partial charge in [-0.2, -0.15) is 13.2 Å². The van der Waals surface area contributed by atoms with Gasteiger partial charge in [0.25, 0.3) is 0 Å². The summed E-state index contributed by atoms with van der Waals surface area (Å²) in [5, 5.41) is 6.34. The summed E-state index contributed by atoms with van der Waals surface area (Å²) in [5.41, 5.74) is 0.664. The third-order valence-corrected chi connectivity index (χ3v) is 6.46. The number of aromatic nitrogens is 1. The lowest BCUT2D eigenvalue weighted by atomic mass is 9.96. The van der Waals surface area contributed by atoms with Crippen LogP contribution in [0.2, 0.25) is 0 Å². The molecule has 8 heteroatoms. The number of nitrogens with zero attached hydrogens (tertiary/aromatic N) is 2.